The van der Waals surface area contributed by atoms with Gasteiger partial charge in [-0.3, -0.25) is 4.98 Å². The van der Waals surface area contributed by atoms with Crippen molar-refractivity contribution in [2.24, 2.45) is 0 Å². The second kappa shape index (κ2) is 5.64. The Morgan fingerprint density at radius 3 is 2.79 bits per heavy atom. The highest BCUT2D eigenvalue weighted by molar-refractivity contribution is 7.89. The molecule has 1 heterocycles. The lowest BCUT2D eigenvalue weighted by molar-refractivity contribution is 0.174. The summed E-state index contributed by atoms with van der Waals surface area (Å²) >= 11 is 0. The van der Waals surface area contributed by atoms with Gasteiger partial charge in [0.1, 0.15) is 4.90 Å². The number of hydrogen-bond donors (Lipinski definition) is 2. The Hall–Kier alpha value is -1.50. The summed E-state index contributed by atoms with van der Waals surface area (Å²) in [5.74, 6) is 0. The summed E-state index contributed by atoms with van der Waals surface area (Å²) in [6.07, 6.45) is 1.37. The third-order valence-corrected chi connectivity index (χ3v) is 4.32. The third-order valence-electron chi connectivity index (χ3n) is 2.87. The van der Waals surface area contributed by atoms with Crippen LogP contribution >= 0.6 is 0 Å². The molecule has 2 rings (SSSR count). The molecule has 2 N–H and O–H groups in total. The van der Waals surface area contributed by atoms with Crippen LogP contribution in [0.25, 0.3) is 10.9 Å². The number of fused-ring (bicyclic) bond motifs is 1. The van der Waals surface area contributed by atoms with Gasteiger partial charge in [0.25, 0.3) is 0 Å². The Kier molecular flexibility index (Phi) is 4.14. The molecule has 0 aliphatic rings. The molecule has 1 atom stereocenters. The maximum atomic E-state index is 12.2. The van der Waals surface area contributed by atoms with E-state index in [1.165, 1.54) is 6.07 Å². The normalized spacial score (nSPS) is 13.6. The van der Waals surface area contributed by atoms with E-state index in [1.807, 2.05) is 12.1 Å². The van der Waals surface area contributed by atoms with Crippen LogP contribution in [0.3, 0.4) is 0 Å². The van der Waals surface area contributed by atoms with Gasteiger partial charge in [0, 0.05) is 18.1 Å². The fourth-order valence-corrected chi connectivity index (χ4v) is 2.97. The molecule has 0 aliphatic carbocycles. The zero-order valence-corrected chi connectivity index (χ0v) is 11.4. The van der Waals surface area contributed by atoms with Gasteiger partial charge >= 0.3 is 0 Å². The number of aromatic nitrogens is 1. The summed E-state index contributed by atoms with van der Waals surface area (Å²) < 4.78 is 26.8. The van der Waals surface area contributed by atoms with Crippen molar-refractivity contribution in [2.75, 3.05) is 6.54 Å². The minimum absolute atomic E-state index is 0.00204. The highest BCUT2D eigenvalue weighted by Gasteiger charge is 2.18. The topological polar surface area (TPSA) is 79.3 Å². The van der Waals surface area contributed by atoms with Crippen LogP contribution < -0.4 is 4.72 Å². The van der Waals surface area contributed by atoms with Crippen molar-refractivity contribution >= 4 is 20.9 Å². The molecule has 1 unspecified atom stereocenters. The van der Waals surface area contributed by atoms with Gasteiger partial charge < -0.3 is 5.11 Å². The number of sulfonamides is 1. The number of pyridine rings is 1. The van der Waals surface area contributed by atoms with Crippen molar-refractivity contribution in [3.63, 3.8) is 0 Å². The maximum Gasteiger partial charge on any atom is 0.242 e. The molecular formula is C13H16N2O3S. The van der Waals surface area contributed by atoms with Crippen molar-refractivity contribution in [3.05, 3.63) is 36.5 Å². The summed E-state index contributed by atoms with van der Waals surface area (Å²) in [6.45, 7) is 1.79. The van der Waals surface area contributed by atoms with Crippen LogP contribution in [0.1, 0.15) is 13.3 Å². The molecule has 0 spiro atoms. The summed E-state index contributed by atoms with van der Waals surface area (Å²) in [7, 11) is -3.66. The molecule has 0 fully saturated rings. The summed E-state index contributed by atoms with van der Waals surface area (Å²) in [5, 5.41) is 10.2. The molecular weight excluding hydrogens is 264 g/mol. The van der Waals surface area contributed by atoms with E-state index in [-0.39, 0.29) is 11.4 Å². The average molecular weight is 280 g/mol. The lowest BCUT2D eigenvalue weighted by Crippen LogP contribution is -2.31. The third kappa shape index (κ3) is 3.09. The zero-order chi connectivity index (χ0) is 13.9. The standard InChI is InChI=1S/C13H16N2O3S/c1-2-11(16)9-15-19(17,18)12-7-3-5-10-6-4-8-14-13(10)12/h3-8,11,15-16H,2,9H2,1H3. The number of benzene rings is 1. The highest BCUT2D eigenvalue weighted by Crippen LogP contribution is 2.20. The van der Waals surface area contributed by atoms with E-state index in [0.717, 1.165) is 5.39 Å². The van der Waals surface area contributed by atoms with Gasteiger partial charge in [-0.05, 0) is 18.6 Å². The van der Waals surface area contributed by atoms with E-state index < -0.39 is 16.1 Å². The molecule has 2 aromatic rings. The van der Waals surface area contributed by atoms with E-state index >= 15 is 0 Å². The monoisotopic (exact) mass is 280 g/mol. The van der Waals surface area contributed by atoms with Gasteiger partial charge in [0.2, 0.25) is 10.0 Å². The summed E-state index contributed by atoms with van der Waals surface area (Å²) in [5.41, 5.74) is 0.434. The molecule has 5 nitrogen and oxygen atoms in total. The van der Waals surface area contributed by atoms with Crippen molar-refractivity contribution in [3.8, 4) is 0 Å². The number of para-hydroxylation sites is 1. The van der Waals surface area contributed by atoms with Gasteiger partial charge in [0.05, 0.1) is 11.6 Å². The molecule has 0 saturated carbocycles. The van der Waals surface area contributed by atoms with E-state index in [2.05, 4.69) is 9.71 Å². The Morgan fingerprint density at radius 1 is 1.32 bits per heavy atom. The van der Waals surface area contributed by atoms with Gasteiger partial charge in [-0.15, -0.1) is 0 Å². The van der Waals surface area contributed by atoms with E-state index in [1.54, 1.807) is 25.3 Å². The number of aliphatic hydroxyl groups excluding tert-OH is 1. The van der Waals surface area contributed by atoms with Crippen LogP contribution in [0, 0.1) is 0 Å². The van der Waals surface area contributed by atoms with Crippen molar-refractivity contribution in [1.82, 2.24) is 9.71 Å². The number of rotatable bonds is 5. The molecule has 1 aromatic heterocycles. The number of aliphatic hydroxyl groups is 1. The SMILES string of the molecule is CCC(O)CNS(=O)(=O)c1cccc2cccnc12. The second-order valence-electron chi connectivity index (χ2n) is 4.25. The first-order chi connectivity index (χ1) is 9.04. The number of hydrogen-bond acceptors (Lipinski definition) is 4. The van der Waals surface area contributed by atoms with E-state index in [9.17, 15) is 13.5 Å². The molecule has 0 amide bonds. The van der Waals surface area contributed by atoms with Crippen molar-refractivity contribution in [2.45, 2.75) is 24.3 Å². The lowest BCUT2D eigenvalue weighted by Gasteiger charge is -2.11. The fourth-order valence-electron chi connectivity index (χ4n) is 1.72. The Bertz CT molecular complexity index is 665. The van der Waals surface area contributed by atoms with Crippen LogP contribution in [-0.2, 0) is 10.0 Å². The largest absolute Gasteiger partial charge is 0.392 e. The van der Waals surface area contributed by atoms with Crippen LogP contribution in [0.15, 0.2) is 41.4 Å². The van der Waals surface area contributed by atoms with Gasteiger partial charge in [-0.25, -0.2) is 13.1 Å². The molecule has 0 radical (unpaired) electrons. The van der Waals surface area contributed by atoms with Crippen LogP contribution in [0.2, 0.25) is 0 Å². The molecule has 102 valence electrons. The molecule has 0 bridgehead atoms. The number of nitrogens with one attached hydrogen (secondary N) is 1. The van der Waals surface area contributed by atoms with E-state index in [0.29, 0.717) is 11.9 Å². The number of nitrogens with zero attached hydrogens (tertiary/aromatic N) is 1. The minimum Gasteiger partial charge on any atom is -0.392 e. The maximum absolute atomic E-state index is 12.2. The van der Waals surface area contributed by atoms with Crippen molar-refractivity contribution in [1.29, 1.82) is 0 Å². The lowest BCUT2D eigenvalue weighted by atomic mass is 10.2. The molecule has 0 saturated heterocycles. The molecule has 0 aliphatic heterocycles. The Morgan fingerprint density at radius 2 is 2.05 bits per heavy atom. The van der Waals surface area contributed by atoms with E-state index in [4.69, 9.17) is 0 Å². The van der Waals surface area contributed by atoms with Crippen molar-refractivity contribution < 1.29 is 13.5 Å². The first-order valence-corrected chi connectivity index (χ1v) is 7.54. The molecule has 19 heavy (non-hydrogen) atoms. The van der Waals surface area contributed by atoms with Crippen LogP contribution in [0.4, 0.5) is 0 Å². The summed E-state index contributed by atoms with van der Waals surface area (Å²) in [6, 6.07) is 8.56. The smallest absolute Gasteiger partial charge is 0.242 e. The van der Waals surface area contributed by atoms with Crippen LogP contribution in [-0.4, -0.2) is 31.2 Å². The predicted octanol–water partition coefficient (Wildman–Crippen LogP) is 1.28. The van der Waals surface area contributed by atoms with Gasteiger partial charge in [-0.2, -0.15) is 0 Å². The Labute approximate surface area is 112 Å². The quantitative estimate of drug-likeness (QED) is 0.865. The zero-order valence-electron chi connectivity index (χ0n) is 10.6. The van der Waals surface area contributed by atoms with Crippen LogP contribution in [0.5, 0.6) is 0 Å². The average Bonchev–Trinajstić information content (AvgIpc) is 2.44. The second-order valence-corrected chi connectivity index (χ2v) is 5.98. The molecule has 6 heteroatoms. The molecule has 1 aromatic carbocycles. The summed E-state index contributed by atoms with van der Waals surface area (Å²) in [4.78, 5) is 4.25. The first kappa shape index (κ1) is 13.9. The highest BCUT2D eigenvalue weighted by atomic mass is 32.2. The fraction of sp³-hybridized carbons (Fsp3) is 0.308. The first-order valence-electron chi connectivity index (χ1n) is 6.06. The van der Waals surface area contributed by atoms with Gasteiger partial charge in [-0.1, -0.05) is 25.1 Å². The minimum atomic E-state index is -3.66. The predicted molar refractivity (Wildman–Crippen MR) is 73.2 cm³/mol. The van der Waals surface area contributed by atoms with Gasteiger partial charge in [0.15, 0.2) is 0 Å². The Balaban J connectivity index is 2.38.